The van der Waals surface area contributed by atoms with Crippen LogP contribution in [0, 0.1) is 20.8 Å². The Bertz CT molecular complexity index is 354. The van der Waals surface area contributed by atoms with Crippen LogP contribution in [0.4, 0.5) is 0 Å². The number of benzene rings is 1. The van der Waals surface area contributed by atoms with E-state index in [4.69, 9.17) is 0 Å². The summed E-state index contributed by atoms with van der Waals surface area (Å²) in [5, 5.41) is 0. The molecule has 1 heterocycles. The molecule has 1 aromatic carbocycles. The standard InChI is InChI=1S/C13H19S/c1-9-6-10(2)12(11(3)7-9)14-8-13(14,4)5/h6-7H,8H2,1-5H3/q+1. The maximum Gasteiger partial charge on any atom is 0.172 e. The van der Waals surface area contributed by atoms with Crippen molar-refractivity contribution in [2.75, 3.05) is 5.75 Å². The van der Waals surface area contributed by atoms with Crippen LogP contribution >= 0.6 is 0 Å². The first kappa shape index (κ1) is 10.1. The molecule has 1 atom stereocenters. The maximum atomic E-state index is 2.38. The largest absolute Gasteiger partial charge is 0.172 e. The lowest BCUT2D eigenvalue weighted by Crippen LogP contribution is -2.03. The topological polar surface area (TPSA) is 0 Å². The van der Waals surface area contributed by atoms with Gasteiger partial charge in [-0.3, -0.25) is 0 Å². The summed E-state index contributed by atoms with van der Waals surface area (Å²) in [6.45, 7) is 11.5. The quantitative estimate of drug-likeness (QED) is 0.489. The first-order valence-corrected chi connectivity index (χ1v) is 6.60. The van der Waals surface area contributed by atoms with Crippen molar-refractivity contribution in [3.8, 4) is 0 Å². The van der Waals surface area contributed by atoms with E-state index in [0.717, 1.165) is 0 Å². The van der Waals surface area contributed by atoms with E-state index >= 15 is 0 Å². The molecule has 0 spiro atoms. The Morgan fingerprint density at radius 1 is 1.07 bits per heavy atom. The molecule has 0 saturated carbocycles. The first-order valence-electron chi connectivity index (χ1n) is 5.21. The summed E-state index contributed by atoms with van der Waals surface area (Å²) in [6, 6.07) is 4.65. The Morgan fingerprint density at radius 2 is 1.50 bits per heavy atom. The predicted molar refractivity (Wildman–Crippen MR) is 65.2 cm³/mol. The van der Waals surface area contributed by atoms with Crippen molar-refractivity contribution in [2.45, 2.75) is 44.3 Å². The van der Waals surface area contributed by atoms with Gasteiger partial charge in [0.1, 0.15) is 0 Å². The molecule has 1 unspecified atom stereocenters. The average Bonchev–Trinajstić information content (AvgIpc) is 2.56. The van der Waals surface area contributed by atoms with Crippen LogP contribution in [0.2, 0.25) is 0 Å². The van der Waals surface area contributed by atoms with Gasteiger partial charge in [-0.2, -0.15) is 0 Å². The van der Waals surface area contributed by atoms with Gasteiger partial charge in [0.25, 0.3) is 0 Å². The molecule has 1 fully saturated rings. The third-order valence-corrected chi connectivity index (χ3v) is 6.20. The minimum absolute atomic E-state index is 0.529. The van der Waals surface area contributed by atoms with Gasteiger partial charge in [-0.25, -0.2) is 0 Å². The van der Waals surface area contributed by atoms with Crippen LogP contribution in [0.5, 0.6) is 0 Å². The molecule has 0 bridgehead atoms. The molecule has 1 aliphatic heterocycles. The van der Waals surface area contributed by atoms with Crippen LogP contribution in [-0.4, -0.2) is 10.5 Å². The summed E-state index contributed by atoms with van der Waals surface area (Å²) in [6.07, 6.45) is 0. The van der Waals surface area contributed by atoms with Crippen LogP contribution in [0.3, 0.4) is 0 Å². The summed E-state index contributed by atoms with van der Waals surface area (Å²) in [5.41, 5.74) is 4.39. The molecule has 1 aromatic rings. The van der Waals surface area contributed by atoms with Gasteiger partial charge in [-0.05, 0) is 34.6 Å². The fraction of sp³-hybridized carbons (Fsp3) is 0.538. The molecule has 76 valence electrons. The molecule has 0 amide bonds. The number of hydrogen-bond acceptors (Lipinski definition) is 0. The number of aryl methyl sites for hydroxylation is 3. The molecule has 2 rings (SSSR count). The van der Waals surface area contributed by atoms with Crippen molar-refractivity contribution in [1.82, 2.24) is 0 Å². The number of rotatable bonds is 1. The maximum absolute atomic E-state index is 2.38. The lowest BCUT2D eigenvalue weighted by molar-refractivity contribution is 0.901. The van der Waals surface area contributed by atoms with Gasteiger partial charge < -0.3 is 0 Å². The second kappa shape index (κ2) is 3.03. The molecule has 1 heteroatoms. The highest BCUT2D eigenvalue weighted by molar-refractivity contribution is 8.05. The highest BCUT2D eigenvalue weighted by Gasteiger charge is 2.61. The van der Waals surface area contributed by atoms with E-state index in [9.17, 15) is 0 Å². The zero-order valence-corrected chi connectivity index (χ0v) is 10.6. The van der Waals surface area contributed by atoms with Gasteiger partial charge in [-0.1, -0.05) is 17.7 Å². The third-order valence-electron chi connectivity index (χ3n) is 2.92. The normalized spacial score (nSPS) is 23.6. The monoisotopic (exact) mass is 207 g/mol. The van der Waals surface area contributed by atoms with Gasteiger partial charge in [0, 0.05) is 22.0 Å². The van der Waals surface area contributed by atoms with Gasteiger partial charge in [0.15, 0.2) is 15.4 Å². The van der Waals surface area contributed by atoms with Gasteiger partial charge in [0.05, 0.1) is 0 Å². The van der Waals surface area contributed by atoms with Crippen LogP contribution < -0.4 is 0 Å². The summed E-state index contributed by atoms with van der Waals surface area (Å²) in [5.74, 6) is 1.39. The highest BCUT2D eigenvalue weighted by Crippen LogP contribution is 2.46. The van der Waals surface area contributed by atoms with E-state index in [2.05, 4.69) is 46.8 Å². The smallest absolute Gasteiger partial charge is 0.0514 e. The van der Waals surface area contributed by atoms with E-state index < -0.39 is 0 Å². The molecule has 0 N–H and O–H groups in total. The summed E-state index contributed by atoms with van der Waals surface area (Å²) in [4.78, 5) is 1.64. The lowest BCUT2D eigenvalue weighted by Gasteiger charge is -2.04. The Hall–Kier alpha value is -0.430. The van der Waals surface area contributed by atoms with Crippen molar-refractivity contribution in [3.63, 3.8) is 0 Å². The second-order valence-corrected chi connectivity index (χ2v) is 7.61. The van der Waals surface area contributed by atoms with Crippen molar-refractivity contribution < 1.29 is 0 Å². The van der Waals surface area contributed by atoms with Crippen molar-refractivity contribution in [2.24, 2.45) is 0 Å². The molecule has 14 heavy (non-hydrogen) atoms. The van der Waals surface area contributed by atoms with Crippen molar-refractivity contribution in [1.29, 1.82) is 0 Å². The highest BCUT2D eigenvalue weighted by atomic mass is 32.2. The Kier molecular flexibility index (Phi) is 2.19. The molecule has 0 aliphatic carbocycles. The van der Waals surface area contributed by atoms with E-state index in [0.29, 0.717) is 15.6 Å². The van der Waals surface area contributed by atoms with Gasteiger partial charge >= 0.3 is 0 Å². The van der Waals surface area contributed by atoms with E-state index in [-0.39, 0.29) is 0 Å². The van der Waals surface area contributed by atoms with E-state index in [1.165, 1.54) is 22.4 Å². The molecule has 0 aromatic heterocycles. The Labute approximate surface area is 90.1 Å². The van der Waals surface area contributed by atoms with Crippen LogP contribution in [0.15, 0.2) is 17.0 Å². The molecular formula is C13H19S+. The van der Waals surface area contributed by atoms with E-state index in [1.54, 1.807) is 4.90 Å². The fourth-order valence-electron chi connectivity index (χ4n) is 2.22. The van der Waals surface area contributed by atoms with E-state index in [1.807, 2.05) is 0 Å². The molecule has 1 saturated heterocycles. The van der Waals surface area contributed by atoms with Crippen molar-refractivity contribution >= 4 is 10.9 Å². The Balaban J connectivity index is 2.44. The summed E-state index contributed by atoms with van der Waals surface area (Å²) < 4.78 is 0.574. The van der Waals surface area contributed by atoms with Gasteiger partial charge in [0.2, 0.25) is 0 Å². The Morgan fingerprint density at radius 3 is 1.86 bits per heavy atom. The molecule has 0 radical (unpaired) electrons. The SMILES string of the molecule is Cc1cc(C)c([S+]2CC2(C)C)c(C)c1. The number of hydrogen-bond donors (Lipinski definition) is 0. The second-order valence-electron chi connectivity index (χ2n) is 5.02. The minimum atomic E-state index is 0.529. The van der Waals surface area contributed by atoms with Crippen molar-refractivity contribution in [3.05, 3.63) is 28.8 Å². The molecule has 1 aliphatic rings. The van der Waals surface area contributed by atoms with Gasteiger partial charge in [-0.15, -0.1) is 0 Å². The fourth-order valence-corrected chi connectivity index (χ4v) is 4.63. The van der Waals surface area contributed by atoms with Crippen LogP contribution in [-0.2, 0) is 10.9 Å². The summed E-state index contributed by atoms with van der Waals surface area (Å²) >= 11 is 0. The van der Waals surface area contributed by atoms with Crippen LogP contribution in [0.25, 0.3) is 0 Å². The summed E-state index contributed by atoms with van der Waals surface area (Å²) in [7, 11) is 0.529. The predicted octanol–water partition coefficient (Wildman–Crippen LogP) is 3.38. The zero-order valence-electron chi connectivity index (χ0n) is 9.77. The molecular weight excluding hydrogens is 188 g/mol. The average molecular weight is 207 g/mol. The minimum Gasteiger partial charge on any atom is -0.0514 e. The van der Waals surface area contributed by atoms with Crippen LogP contribution in [0.1, 0.15) is 30.5 Å². The lowest BCUT2D eigenvalue weighted by atomic mass is 10.1. The zero-order chi connectivity index (χ0) is 10.5. The first-order chi connectivity index (χ1) is 6.42. The molecule has 0 nitrogen and oxygen atoms in total. The third kappa shape index (κ3) is 1.58.